The second-order valence-electron chi connectivity index (χ2n) is 3.47. The van der Waals surface area contributed by atoms with Gasteiger partial charge < -0.3 is 5.32 Å². The fraction of sp³-hybridized carbons (Fsp3) is 0.182. The number of carbonyl (C=O) groups is 1. The molecule has 2 aromatic rings. The van der Waals surface area contributed by atoms with E-state index in [1.165, 1.54) is 18.7 Å². The maximum atomic E-state index is 10.9. The third kappa shape index (κ3) is 3.01. The molecule has 1 amide bonds. The highest BCUT2D eigenvalue weighted by molar-refractivity contribution is 7.98. The van der Waals surface area contributed by atoms with Crippen LogP contribution in [0.25, 0.3) is 11.4 Å². The molecule has 18 heavy (non-hydrogen) atoms. The highest BCUT2D eigenvalue weighted by Crippen LogP contribution is 2.17. The van der Waals surface area contributed by atoms with Gasteiger partial charge in [-0.15, -0.1) is 20.4 Å². The molecule has 1 aromatic heterocycles. The number of hydrogen-bond acceptors (Lipinski definition) is 6. The molecular formula is C11H11N5OS. The third-order valence-electron chi connectivity index (χ3n) is 2.11. The van der Waals surface area contributed by atoms with E-state index in [4.69, 9.17) is 0 Å². The first-order valence-electron chi connectivity index (χ1n) is 5.18. The van der Waals surface area contributed by atoms with Crippen LogP contribution in [0.1, 0.15) is 6.92 Å². The van der Waals surface area contributed by atoms with Crippen LogP contribution in [0.5, 0.6) is 0 Å². The lowest BCUT2D eigenvalue weighted by atomic mass is 10.2. The molecule has 0 aliphatic rings. The summed E-state index contributed by atoms with van der Waals surface area (Å²) in [6.07, 6.45) is 1.86. The van der Waals surface area contributed by atoms with Crippen molar-refractivity contribution in [2.45, 2.75) is 12.1 Å². The van der Waals surface area contributed by atoms with Gasteiger partial charge in [-0.3, -0.25) is 4.79 Å². The summed E-state index contributed by atoms with van der Waals surface area (Å²) in [4.78, 5) is 10.9. The molecule has 0 aliphatic heterocycles. The van der Waals surface area contributed by atoms with Crippen molar-refractivity contribution in [1.82, 2.24) is 20.4 Å². The van der Waals surface area contributed by atoms with Gasteiger partial charge in [-0.05, 0) is 30.5 Å². The molecule has 0 saturated carbocycles. The van der Waals surface area contributed by atoms with Crippen LogP contribution in [0.3, 0.4) is 0 Å². The Kier molecular flexibility index (Phi) is 3.83. The predicted octanol–water partition coefficient (Wildman–Crippen LogP) is 1.61. The van der Waals surface area contributed by atoms with Crippen LogP contribution in [0.4, 0.5) is 5.69 Å². The zero-order chi connectivity index (χ0) is 13.0. The zero-order valence-corrected chi connectivity index (χ0v) is 10.7. The lowest BCUT2D eigenvalue weighted by Gasteiger charge is -2.03. The van der Waals surface area contributed by atoms with Crippen molar-refractivity contribution < 1.29 is 4.79 Å². The zero-order valence-electron chi connectivity index (χ0n) is 9.91. The number of nitrogens with zero attached hydrogens (tertiary/aromatic N) is 4. The number of carbonyl (C=O) groups excluding carboxylic acids is 1. The first kappa shape index (κ1) is 12.4. The summed E-state index contributed by atoms with van der Waals surface area (Å²) in [7, 11) is 0. The minimum atomic E-state index is -0.105. The Balaban J connectivity index is 2.20. The Bertz CT molecular complexity index is 540. The number of aromatic nitrogens is 4. The Morgan fingerprint density at radius 2 is 1.72 bits per heavy atom. The minimum absolute atomic E-state index is 0.105. The second kappa shape index (κ2) is 5.54. The lowest BCUT2D eigenvalue weighted by molar-refractivity contribution is -0.114. The molecule has 2 rings (SSSR count). The fourth-order valence-corrected chi connectivity index (χ4v) is 1.57. The highest BCUT2D eigenvalue weighted by Gasteiger charge is 2.04. The van der Waals surface area contributed by atoms with E-state index in [2.05, 4.69) is 25.7 Å². The number of nitrogens with one attached hydrogen (secondary N) is 1. The van der Waals surface area contributed by atoms with Crippen LogP contribution in [0, 0.1) is 0 Å². The van der Waals surface area contributed by atoms with E-state index in [0.29, 0.717) is 11.0 Å². The SMILES string of the molecule is CSc1nnc(-c2ccc(NC(C)=O)cc2)nn1. The molecule has 0 radical (unpaired) electrons. The Hall–Kier alpha value is -2.02. The number of thioether (sulfide) groups is 1. The van der Waals surface area contributed by atoms with Gasteiger partial charge >= 0.3 is 0 Å². The smallest absolute Gasteiger partial charge is 0.229 e. The number of anilines is 1. The van der Waals surface area contributed by atoms with E-state index in [0.717, 1.165) is 11.3 Å². The van der Waals surface area contributed by atoms with Gasteiger partial charge in [0.25, 0.3) is 0 Å². The van der Waals surface area contributed by atoms with Gasteiger partial charge in [0.2, 0.25) is 16.9 Å². The molecule has 0 bridgehead atoms. The number of hydrogen-bond donors (Lipinski definition) is 1. The van der Waals surface area contributed by atoms with Crippen molar-refractivity contribution in [1.29, 1.82) is 0 Å². The third-order valence-corrected chi connectivity index (χ3v) is 2.64. The molecular weight excluding hydrogens is 250 g/mol. The van der Waals surface area contributed by atoms with E-state index in [9.17, 15) is 4.79 Å². The molecule has 1 N–H and O–H groups in total. The summed E-state index contributed by atoms with van der Waals surface area (Å²) in [5, 5.41) is 19.0. The molecule has 1 heterocycles. The summed E-state index contributed by atoms with van der Waals surface area (Å²) < 4.78 is 0. The molecule has 0 saturated heterocycles. The topological polar surface area (TPSA) is 80.7 Å². The molecule has 1 aromatic carbocycles. The fourth-order valence-electron chi connectivity index (χ4n) is 1.32. The Morgan fingerprint density at radius 1 is 1.11 bits per heavy atom. The number of rotatable bonds is 3. The van der Waals surface area contributed by atoms with Gasteiger partial charge in [-0.1, -0.05) is 11.8 Å². The summed E-state index contributed by atoms with van der Waals surface area (Å²) in [5.74, 6) is 0.355. The van der Waals surface area contributed by atoms with Crippen molar-refractivity contribution in [2.75, 3.05) is 11.6 Å². The monoisotopic (exact) mass is 261 g/mol. The minimum Gasteiger partial charge on any atom is -0.326 e. The van der Waals surface area contributed by atoms with Crippen LogP contribution < -0.4 is 5.32 Å². The van der Waals surface area contributed by atoms with Crippen molar-refractivity contribution in [3.63, 3.8) is 0 Å². The van der Waals surface area contributed by atoms with E-state index in [1.807, 2.05) is 18.4 Å². The summed E-state index contributed by atoms with van der Waals surface area (Å²) >= 11 is 1.39. The average Bonchev–Trinajstić information content (AvgIpc) is 2.39. The number of benzene rings is 1. The van der Waals surface area contributed by atoms with Crippen LogP contribution in [0.15, 0.2) is 29.4 Å². The van der Waals surface area contributed by atoms with E-state index >= 15 is 0 Å². The predicted molar refractivity (Wildman–Crippen MR) is 69.1 cm³/mol. The molecule has 0 fully saturated rings. The molecule has 6 nitrogen and oxygen atoms in total. The van der Waals surface area contributed by atoms with Gasteiger partial charge in [-0.2, -0.15) is 0 Å². The first-order chi connectivity index (χ1) is 8.69. The van der Waals surface area contributed by atoms with E-state index in [-0.39, 0.29) is 5.91 Å². The molecule has 7 heteroatoms. The molecule has 92 valence electrons. The second-order valence-corrected chi connectivity index (χ2v) is 4.24. The summed E-state index contributed by atoms with van der Waals surface area (Å²) in [6.45, 7) is 1.46. The van der Waals surface area contributed by atoms with Crippen molar-refractivity contribution in [2.24, 2.45) is 0 Å². The van der Waals surface area contributed by atoms with Crippen molar-refractivity contribution in [3.8, 4) is 11.4 Å². The Morgan fingerprint density at radius 3 is 2.22 bits per heavy atom. The largest absolute Gasteiger partial charge is 0.326 e. The van der Waals surface area contributed by atoms with Crippen molar-refractivity contribution >= 4 is 23.4 Å². The first-order valence-corrected chi connectivity index (χ1v) is 6.41. The van der Waals surface area contributed by atoms with Gasteiger partial charge in [0, 0.05) is 18.2 Å². The standard InChI is InChI=1S/C11H11N5OS/c1-7(17)12-9-5-3-8(4-6-9)10-13-15-11(18-2)16-14-10/h3-6H,1-2H3,(H,12,17). The van der Waals surface area contributed by atoms with E-state index in [1.54, 1.807) is 12.1 Å². The van der Waals surface area contributed by atoms with Crippen LogP contribution in [-0.2, 0) is 4.79 Å². The van der Waals surface area contributed by atoms with Gasteiger partial charge in [0.1, 0.15) is 0 Å². The van der Waals surface area contributed by atoms with Crippen LogP contribution in [0.2, 0.25) is 0 Å². The van der Waals surface area contributed by atoms with E-state index < -0.39 is 0 Å². The normalized spacial score (nSPS) is 10.1. The number of amides is 1. The lowest BCUT2D eigenvalue weighted by Crippen LogP contribution is -2.05. The maximum Gasteiger partial charge on any atom is 0.229 e. The quantitative estimate of drug-likeness (QED) is 0.845. The van der Waals surface area contributed by atoms with Gasteiger partial charge in [0.15, 0.2) is 0 Å². The van der Waals surface area contributed by atoms with Crippen LogP contribution >= 0.6 is 11.8 Å². The van der Waals surface area contributed by atoms with Gasteiger partial charge in [0.05, 0.1) is 0 Å². The highest BCUT2D eigenvalue weighted by atomic mass is 32.2. The van der Waals surface area contributed by atoms with Crippen molar-refractivity contribution in [3.05, 3.63) is 24.3 Å². The summed E-state index contributed by atoms with van der Waals surface area (Å²) in [6, 6.07) is 7.18. The average molecular weight is 261 g/mol. The molecule has 0 aliphatic carbocycles. The van der Waals surface area contributed by atoms with Gasteiger partial charge in [-0.25, -0.2) is 0 Å². The summed E-state index contributed by atoms with van der Waals surface area (Å²) in [5.41, 5.74) is 1.53. The molecule has 0 atom stereocenters. The maximum absolute atomic E-state index is 10.9. The Labute approximate surface area is 108 Å². The molecule has 0 spiro atoms. The molecule has 0 unspecified atom stereocenters. The van der Waals surface area contributed by atoms with Crippen LogP contribution in [-0.4, -0.2) is 32.6 Å².